The van der Waals surface area contributed by atoms with E-state index in [0.717, 1.165) is 0 Å². The topological polar surface area (TPSA) is 78.2 Å². The second kappa shape index (κ2) is 4.73. The molecule has 0 aliphatic rings. The zero-order valence-electron chi connectivity index (χ0n) is 4.63. The van der Waals surface area contributed by atoms with Crippen molar-refractivity contribution in [2.24, 2.45) is 0 Å². The Balaban J connectivity index is 0. The number of nitrogens with zero attached hydrogens (tertiary/aromatic N) is 1. The summed E-state index contributed by atoms with van der Waals surface area (Å²) in [7, 11) is -5.84. The Hall–Kier alpha value is -0.0800. The molecule has 0 aliphatic heterocycles. The van der Waals surface area contributed by atoms with Crippen molar-refractivity contribution in [1.82, 2.24) is 0 Å². The van der Waals surface area contributed by atoms with Crippen LogP contribution in [0.15, 0.2) is 0 Å². The van der Waals surface area contributed by atoms with Crippen LogP contribution in [-0.2, 0) is 10.1 Å². The third-order valence-corrected chi connectivity index (χ3v) is 0.877. The molecule has 0 amide bonds. The second-order valence-corrected chi connectivity index (χ2v) is 2.90. The Labute approximate surface area is 73.9 Å². The summed E-state index contributed by atoms with van der Waals surface area (Å²) in [5.74, 6) is 0. The van der Waals surface area contributed by atoms with Gasteiger partial charge in [0.15, 0.2) is 0 Å². The van der Waals surface area contributed by atoms with E-state index >= 15 is 0 Å². The van der Waals surface area contributed by atoms with E-state index in [1.54, 1.807) is 26.7 Å². The first kappa shape index (κ1) is 13.5. The van der Waals surface area contributed by atoms with Crippen LogP contribution < -0.4 is 0 Å². The molecule has 0 saturated heterocycles. The van der Waals surface area contributed by atoms with Gasteiger partial charge in [0, 0.05) is 0 Å². The zero-order valence-corrected chi connectivity index (χ0v) is 7.61. The van der Waals surface area contributed by atoms with E-state index in [0.29, 0.717) is 0 Å². The average molecular weight is 303 g/mol. The van der Waals surface area contributed by atoms with Crippen molar-refractivity contribution in [2.45, 2.75) is 5.51 Å². The molecule has 0 rings (SSSR count). The maximum absolute atomic E-state index is 10.7. The van der Waals surface area contributed by atoms with Crippen molar-refractivity contribution in [2.75, 3.05) is 0 Å². The fourth-order valence-corrected chi connectivity index (χ4v) is 0. The minimum atomic E-state index is -5.84. The van der Waals surface area contributed by atoms with Gasteiger partial charge < -0.3 is 0 Å². The maximum Gasteiger partial charge on any atom is 0.522 e. The van der Waals surface area contributed by atoms with E-state index in [-0.39, 0.29) is 0 Å². The number of nitriles is 1. The van der Waals surface area contributed by atoms with Gasteiger partial charge in [-0.2, -0.15) is 26.9 Å². The quantitative estimate of drug-likeness (QED) is 0.415. The molecular formula is C2HF3INO3S. The molecule has 0 radical (unpaired) electrons. The first-order chi connectivity index (χ1) is 4.66. The van der Waals surface area contributed by atoms with E-state index in [9.17, 15) is 13.2 Å². The molecule has 9 heteroatoms. The first-order valence-electron chi connectivity index (χ1n) is 1.70. The molecule has 0 fully saturated rings. The molecule has 1 N–H and O–H groups in total. The molecule has 0 aromatic carbocycles. The molecule has 66 valence electrons. The van der Waals surface area contributed by atoms with Crippen molar-refractivity contribution in [3.63, 3.8) is 0 Å². The highest BCUT2D eigenvalue weighted by atomic mass is 127. The molecule has 4 nitrogen and oxygen atoms in total. The minimum absolute atomic E-state index is 1.59. The van der Waals surface area contributed by atoms with Gasteiger partial charge in [0.2, 0.25) is 0 Å². The zero-order chi connectivity index (χ0) is 9.71. The normalized spacial score (nSPS) is 10.9. The predicted molar refractivity (Wildman–Crippen MR) is 37.2 cm³/mol. The number of halogens is 4. The van der Waals surface area contributed by atoms with Crippen molar-refractivity contribution < 1.29 is 26.1 Å². The third-order valence-electron chi connectivity index (χ3n) is 0.292. The molecule has 0 aromatic rings. The van der Waals surface area contributed by atoms with E-state index in [2.05, 4.69) is 0 Å². The molecule has 0 unspecified atom stereocenters. The molecule has 0 aromatic heterocycles. The Morgan fingerprint density at radius 1 is 1.45 bits per heavy atom. The molecular weight excluding hydrogens is 302 g/mol. The number of rotatable bonds is 0. The summed E-state index contributed by atoms with van der Waals surface area (Å²) in [5, 5.41) is 7.31. The Bertz CT molecular complexity index is 238. The van der Waals surface area contributed by atoms with Crippen LogP contribution in [0, 0.1) is 9.34 Å². The van der Waals surface area contributed by atoms with Crippen molar-refractivity contribution in [1.29, 1.82) is 5.26 Å². The van der Waals surface area contributed by atoms with Gasteiger partial charge in [-0.25, -0.2) is 0 Å². The van der Waals surface area contributed by atoms with Crippen LogP contribution in [-0.4, -0.2) is 18.5 Å². The van der Waals surface area contributed by atoms with Crippen LogP contribution in [0.5, 0.6) is 0 Å². The average Bonchev–Trinajstić information content (AvgIpc) is 1.60. The van der Waals surface area contributed by atoms with Crippen LogP contribution >= 0.6 is 22.6 Å². The Kier molecular flexibility index (Phi) is 5.81. The summed E-state index contributed by atoms with van der Waals surface area (Å²) in [6.07, 6.45) is 0. The Morgan fingerprint density at radius 3 is 1.55 bits per heavy atom. The highest BCUT2D eigenvalue weighted by molar-refractivity contribution is 14.1. The summed E-state index contributed by atoms with van der Waals surface area (Å²) in [4.78, 5) is 0. The van der Waals surface area contributed by atoms with Gasteiger partial charge in [-0.1, -0.05) is 0 Å². The van der Waals surface area contributed by atoms with Crippen LogP contribution in [0.4, 0.5) is 13.2 Å². The number of hydrogen-bond acceptors (Lipinski definition) is 3. The fraction of sp³-hybridized carbons (Fsp3) is 0.500. The molecule has 0 bridgehead atoms. The van der Waals surface area contributed by atoms with Gasteiger partial charge >= 0.3 is 15.6 Å². The minimum Gasteiger partial charge on any atom is -0.279 e. The molecule has 11 heavy (non-hydrogen) atoms. The van der Waals surface area contributed by atoms with E-state index < -0.39 is 15.6 Å². The van der Waals surface area contributed by atoms with Crippen molar-refractivity contribution in [3.8, 4) is 4.08 Å². The molecule has 0 saturated carbocycles. The first-order valence-corrected chi connectivity index (χ1v) is 4.22. The fourth-order valence-electron chi connectivity index (χ4n) is 0. The van der Waals surface area contributed by atoms with E-state index in [4.69, 9.17) is 18.2 Å². The Morgan fingerprint density at radius 2 is 1.55 bits per heavy atom. The van der Waals surface area contributed by atoms with Crippen LogP contribution in [0.25, 0.3) is 0 Å². The summed E-state index contributed by atoms with van der Waals surface area (Å²) in [6.45, 7) is 0. The highest BCUT2D eigenvalue weighted by Crippen LogP contribution is 2.20. The van der Waals surface area contributed by atoms with Gasteiger partial charge in [0.1, 0.15) is 4.08 Å². The monoisotopic (exact) mass is 303 g/mol. The standard InChI is InChI=1S/CHF3O3S.CIN/c2-1(3,4)8(5,6)7;2-1-3/h(H,5,6,7);. The van der Waals surface area contributed by atoms with Gasteiger partial charge in [-0.05, 0) is 0 Å². The predicted octanol–water partition coefficient (Wildman–Crippen LogP) is 1.30. The third kappa shape index (κ3) is 7.82. The lowest BCUT2D eigenvalue weighted by atomic mass is 11.6. The summed E-state index contributed by atoms with van der Waals surface area (Å²) in [5.41, 5.74) is -5.53. The smallest absolute Gasteiger partial charge is 0.279 e. The number of hydrogen-bond donors (Lipinski definition) is 1. The molecule has 0 spiro atoms. The largest absolute Gasteiger partial charge is 0.522 e. The lowest BCUT2D eigenvalue weighted by Gasteiger charge is -1.97. The molecule has 0 heterocycles. The summed E-state index contributed by atoms with van der Waals surface area (Å²) >= 11 is 1.59. The van der Waals surface area contributed by atoms with Gasteiger partial charge in [0.25, 0.3) is 0 Å². The van der Waals surface area contributed by atoms with Crippen LogP contribution in [0.1, 0.15) is 0 Å². The van der Waals surface area contributed by atoms with Crippen molar-refractivity contribution in [3.05, 3.63) is 0 Å². The number of alkyl halides is 3. The van der Waals surface area contributed by atoms with E-state index in [1.807, 2.05) is 0 Å². The van der Waals surface area contributed by atoms with Crippen LogP contribution in [0.2, 0.25) is 0 Å². The summed E-state index contributed by atoms with van der Waals surface area (Å²) in [6, 6.07) is 0. The molecule has 0 atom stereocenters. The van der Waals surface area contributed by atoms with E-state index in [1.165, 1.54) is 0 Å². The van der Waals surface area contributed by atoms with Gasteiger partial charge in [-0.3, -0.25) is 4.55 Å². The van der Waals surface area contributed by atoms with Gasteiger partial charge in [0.05, 0.1) is 22.6 Å². The van der Waals surface area contributed by atoms with Gasteiger partial charge in [-0.15, -0.1) is 0 Å². The summed E-state index contributed by atoms with van der Waals surface area (Å²) < 4.78 is 59.3. The lowest BCUT2D eigenvalue weighted by Crippen LogP contribution is -2.21. The SMILES string of the molecule is N#CI.O=S(=O)(O)C(F)(F)F. The van der Waals surface area contributed by atoms with Crippen LogP contribution in [0.3, 0.4) is 0 Å². The highest BCUT2D eigenvalue weighted by Gasteiger charge is 2.44. The molecule has 0 aliphatic carbocycles. The maximum atomic E-state index is 10.7. The second-order valence-electron chi connectivity index (χ2n) is 1.01. The van der Waals surface area contributed by atoms with Crippen molar-refractivity contribution >= 4 is 32.7 Å². The lowest BCUT2D eigenvalue weighted by molar-refractivity contribution is -0.0510.